The maximum Gasteiger partial charge on any atom is 0.243 e. The molecule has 1 aliphatic rings. The zero-order valence-corrected chi connectivity index (χ0v) is 23.3. The van der Waals surface area contributed by atoms with Gasteiger partial charge in [0.25, 0.3) is 0 Å². The van der Waals surface area contributed by atoms with Gasteiger partial charge < -0.3 is 49.1 Å². The summed E-state index contributed by atoms with van der Waals surface area (Å²) in [6, 6.07) is 6.47. The number of carbonyl (C=O) groups excluding carboxylic acids is 3. The van der Waals surface area contributed by atoms with Crippen LogP contribution in [0.25, 0.3) is 11.1 Å². The van der Waals surface area contributed by atoms with Crippen molar-refractivity contribution in [3.63, 3.8) is 0 Å². The van der Waals surface area contributed by atoms with Gasteiger partial charge in [-0.3, -0.25) is 14.4 Å². The predicted molar refractivity (Wildman–Crippen MR) is 157 cm³/mol. The SMILES string of the molecule is NCCCC[C@H](N)CNC(=O)[C@@H]1Cc2cc(ccc2O)-c2ccc(O)c(c2)C[C@H](N)C(=O)N[C@@H](CCCN)C(=O)N1. The van der Waals surface area contributed by atoms with E-state index in [1.807, 2.05) is 0 Å². The predicted octanol–water partition coefficient (Wildman–Crippen LogP) is -0.528. The van der Waals surface area contributed by atoms with Gasteiger partial charge in [0.2, 0.25) is 17.7 Å². The molecule has 0 aliphatic carbocycles. The summed E-state index contributed by atoms with van der Waals surface area (Å²) in [5.74, 6) is -1.70. The lowest BCUT2D eigenvalue weighted by Crippen LogP contribution is -2.57. The van der Waals surface area contributed by atoms with Gasteiger partial charge in [-0.15, -0.1) is 0 Å². The van der Waals surface area contributed by atoms with Crippen LogP contribution in [0.1, 0.15) is 43.2 Å². The normalized spacial score (nSPS) is 20.2. The molecule has 12 heteroatoms. The van der Waals surface area contributed by atoms with Gasteiger partial charge in [-0.1, -0.05) is 18.6 Å². The van der Waals surface area contributed by atoms with E-state index in [0.29, 0.717) is 42.6 Å². The molecule has 0 aromatic heterocycles. The van der Waals surface area contributed by atoms with Crippen LogP contribution >= 0.6 is 0 Å². The molecule has 1 aliphatic heterocycles. The highest BCUT2D eigenvalue weighted by molar-refractivity contribution is 5.93. The van der Waals surface area contributed by atoms with Gasteiger partial charge in [0.1, 0.15) is 23.6 Å². The number of phenols is 2. The maximum absolute atomic E-state index is 13.4. The number of carbonyl (C=O) groups is 3. The van der Waals surface area contributed by atoms with E-state index in [9.17, 15) is 24.6 Å². The van der Waals surface area contributed by atoms with Crippen LogP contribution in [-0.4, -0.2) is 71.7 Å². The molecule has 0 saturated carbocycles. The first kappa shape index (κ1) is 31.8. The Balaban J connectivity index is 1.97. The summed E-state index contributed by atoms with van der Waals surface area (Å²) in [5, 5.41) is 29.4. The summed E-state index contributed by atoms with van der Waals surface area (Å²) in [5.41, 5.74) is 25.9. The minimum absolute atomic E-state index is 0.0179. The van der Waals surface area contributed by atoms with Crippen LogP contribution < -0.4 is 38.9 Å². The van der Waals surface area contributed by atoms with Gasteiger partial charge in [-0.2, -0.15) is 0 Å². The van der Waals surface area contributed by atoms with Crippen LogP contribution in [0.4, 0.5) is 0 Å². The van der Waals surface area contributed by atoms with E-state index >= 15 is 0 Å². The number of nitrogens with one attached hydrogen (secondary N) is 3. The van der Waals surface area contributed by atoms with Crippen molar-refractivity contribution in [2.24, 2.45) is 22.9 Å². The van der Waals surface area contributed by atoms with Gasteiger partial charge in [0.15, 0.2) is 0 Å². The first-order chi connectivity index (χ1) is 19.6. The minimum atomic E-state index is -1.08. The highest BCUT2D eigenvalue weighted by atomic mass is 16.3. The van der Waals surface area contributed by atoms with Crippen molar-refractivity contribution in [1.82, 2.24) is 16.0 Å². The number of fused-ring (bicyclic) bond motifs is 5. The second-order valence-corrected chi connectivity index (χ2v) is 10.5. The van der Waals surface area contributed by atoms with Gasteiger partial charge in [-0.05, 0) is 85.3 Å². The second kappa shape index (κ2) is 15.3. The second-order valence-electron chi connectivity index (χ2n) is 10.5. The first-order valence-electron chi connectivity index (χ1n) is 14.1. The average molecular weight is 570 g/mol. The third kappa shape index (κ3) is 9.15. The fraction of sp³-hybridized carbons (Fsp3) is 0.483. The number of aromatic hydroxyl groups is 2. The van der Waals surface area contributed by atoms with Crippen molar-refractivity contribution < 1.29 is 24.6 Å². The Hall–Kier alpha value is -3.71. The van der Waals surface area contributed by atoms with Crippen molar-refractivity contribution in [3.05, 3.63) is 47.5 Å². The summed E-state index contributed by atoms with van der Waals surface area (Å²) in [7, 11) is 0. The van der Waals surface area contributed by atoms with E-state index in [-0.39, 0.29) is 43.3 Å². The zero-order valence-electron chi connectivity index (χ0n) is 23.3. The fourth-order valence-electron chi connectivity index (χ4n) is 4.77. The number of amides is 3. The fourth-order valence-corrected chi connectivity index (χ4v) is 4.77. The van der Waals surface area contributed by atoms with Crippen LogP contribution in [-0.2, 0) is 27.2 Å². The number of hydrogen-bond acceptors (Lipinski definition) is 9. The van der Waals surface area contributed by atoms with E-state index in [4.69, 9.17) is 22.9 Å². The largest absolute Gasteiger partial charge is 0.508 e. The Morgan fingerprint density at radius 3 is 2.12 bits per heavy atom. The molecule has 3 rings (SSSR count). The van der Waals surface area contributed by atoms with Crippen molar-refractivity contribution in [3.8, 4) is 22.6 Å². The van der Waals surface area contributed by atoms with Crippen molar-refractivity contribution >= 4 is 17.7 Å². The molecule has 4 bridgehead atoms. The molecular formula is C29H43N7O5. The summed E-state index contributed by atoms with van der Waals surface area (Å²) in [6.45, 7) is 1.05. The monoisotopic (exact) mass is 569 g/mol. The summed E-state index contributed by atoms with van der Waals surface area (Å²) < 4.78 is 0. The molecule has 0 unspecified atom stereocenters. The Labute approximate surface area is 240 Å². The quantitative estimate of drug-likeness (QED) is 0.167. The molecule has 2 aromatic rings. The molecule has 12 nitrogen and oxygen atoms in total. The number of rotatable bonds is 10. The molecule has 0 fully saturated rings. The van der Waals surface area contributed by atoms with E-state index in [0.717, 1.165) is 18.4 Å². The number of benzene rings is 2. The smallest absolute Gasteiger partial charge is 0.243 e. The van der Waals surface area contributed by atoms with Crippen LogP contribution in [0.15, 0.2) is 36.4 Å². The Kier molecular flexibility index (Phi) is 11.9. The molecule has 2 aromatic carbocycles. The highest BCUT2D eigenvalue weighted by Crippen LogP contribution is 2.30. The highest BCUT2D eigenvalue weighted by Gasteiger charge is 2.29. The van der Waals surface area contributed by atoms with Crippen LogP contribution in [0.3, 0.4) is 0 Å². The maximum atomic E-state index is 13.4. The lowest BCUT2D eigenvalue weighted by molar-refractivity contribution is -0.132. The minimum Gasteiger partial charge on any atom is -0.508 e. The zero-order chi connectivity index (χ0) is 29.9. The number of phenolic OH excluding ortho intramolecular Hbond substituents is 2. The molecule has 224 valence electrons. The van der Waals surface area contributed by atoms with Crippen molar-refractivity contribution in [2.45, 2.75) is 69.1 Å². The van der Waals surface area contributed by atoms with Gasteiger partial charge >= 0.3 is 0 Å². The van der Waals surface area contributed by atoms with Gasteiger partial charge in [-0.25, -0.2) is 0 Å². The van der Waals surface area contributed by atoms with E-state index in [2.05, 4.69) is 16.0 Å². The standard InChI is InChI=1S/C29H43N7O5/c30-10-2-1-4-21(32)16-34-28(40)24-15-20-13-18(7-9-26(20)38)17-6-8-25(37)19(12-17)14-22(33)27(39)35-23(5-3-11-31)29(41)36-24/h6-9,12-13,21-24,37-38H,1-5,10-11,14-16,30-33H2,(H,34,40)(H,35,39)(H,36,41)/t21-,22-,23-,24-/m0/s1. The molecule has 3 amide bonds. The number of hydrogen-bond donors (Lipinski definition) is 9. The molecule has 13 N–H and O–H groups in total. The topological polar surface area (TPSA) is 232 Å². The van der Waals surface area contributed by atoms with E-state index < -0.39 is 35.8 Å². The van der Waals surface area contributed by atoms with Crippen molar-refractivity contribution in [2.75, 3.05) is 19.6 Å². The lowest BCUT2D eigenvalue weighted by atomic mass is 9.95. The van der Waals surface area contributed by atoms with Gasteiger partial charge in [0.05, 0.1) is 6.04 Å². The number of nitrogens with two attached hydrogens (primary N) is 4. The molecular weight excluding hydrogens is 526 g/mol. The molecule has 0 radical (unpaired) electrons. The number of unbranched alkanes of at least 4 members (excludes halogenated alkanes) is 1. The summed E-state index contributed by atoms with van der Waals surface area (Å²) in [4.78, 5) is 39.8. The lowest BCUT2D eigenvalue weighted by Gasteiger charge is -2.25. The van der Waals surface area contributed by atoms with Crippen LogP contribution in [0.5, 0.6) is 11.5 Å². The third-order valence-electron chi connectivity index (χ3n) is 7.22. The molecule has 0 spiro atoms. The Morgan fingerprint density at radius 1 is 0.902 bits per heavy atom. The molecule has 41 heavy (non-hydrogen) atoms. The summed E-state index contributed by atoms with van der Waals surface area (Å²) >= 11 is 0. The van der Waals surface area contributed by atoms with Gasteiger partial charge in [0, 0.05) is 25.4 Å². The summed E-state index contributed by atoms with van der Waals surface area (Å²) in [6.07, 6.45) is 3.01. The molecule has 0 saturated heterocycles. The van der Waals surface area contributed by atoms with Crippen LogP contribution in [0.2, 0.25) is 0 Å². The molecule has 4 atom stereocenters. The van der Waals surface area contributed by atoms with Crippen LogP contribution in [0, 0.1) is 0 Å². The first-order valence-corrected chi connectivity index (χ1v) is 14.1. The average Bonchev–Trinajstić information content (AvgIpc) is 2.95. The third-order valence-corrected chi connectivity index (χ3v) is 7.22. The van der Waals surface area contributed by atoms with E-state index in [1.165, 1.54) is 12.1 Å². The Bertz CT molecular complexity index is 1210. The van der Waals surface area contributed by atoms with Crippen molar-refractivity contribution in [1.29, 1.82) is 0 Å². The Morgan fingerprint density at radius 2 is 1.51 bits per heavy atom. The molecule has 1 heterocycles. The van der Waals surface area contributed by atoms with E-state index in [1.54, 1.807) is 24.3 Å².